The summed E-state index contributed by atoms with van der Waals surface area (Å²) < 4.78 is 0. The van der Waals surface area contributed by atoms with Crippen LogP contribution in [0.2, 0.25) is 5.02 Å². The summed E-state index contributed by atoms with van der Waals surface area (Å²) in [7, 11) is 0. The Morgan fingerprint density at radius 2 is 1.95 bits per heavy atom. The number of H-pyrrole nitrogens is 1. The van der Waals surface area contributed by atoms with Gasteiger partial charge in [-0.2, -0.15) is 0 Å². The predicted molar refractivity (Wildman–Crippen MR) is 85.7 cm³/mol. The highest BCUT2D eigenvalue weighted by atomic mass is 35.5. The molecule has 0 saturated heterocycles. The third-order valence-electron chi connectivity index (χ3n) is 3.55. The molecule has 4 nitrogen and oxygen atoms in total. The van der Waals surface area contributed by atoms with Gasteiger partial charge in [-0.25, -0.2) is 4.98 Å². The highest BCUT2D eigenvalue weighted by molar-refractivity contribution is 6.30. The Labute approximate surface area is 129 Å². The number of aromatic nitrogens is 2. The number of rotatable bonds is 4. The third-order valence-corrected chi connectivity index (χ3v) is 3.78. The molecule has 0 aliphatic rings. The number of aryl methyl sites for hydroxylation is 2. The Morgan fingerprint density at radius 3 is 2.57 bits per heavy atom. The van der Waals surface area contributed by atoms with Crippen LogP contribution in [0, 0.1) is 13.8 Å². The monoisotopic (exact) mass is 305 g/mol. The van der Waals surface area contributed by atoms with E-state index in [4.69, 9.17) is 11.6 Å². The molecule has 2 rings (SSSR count). The van der Waals surface area contributed by atoms with E-state index in [1.165, 1.54) is 0 Å². The van der Waals surface area contributed by atoms with Gasteiger partial charge in [-0.15, -0.1) is 0 Å². The Hall–Kier alpha value is -1.65. The molecule has 112 valence electrons. The van der Waals surface area contributed by atoms with E-state index in [1.807, 2.05) is 45.0 Å². The Bertz CT molecular complexity index is 696. The molecule has 2 atom stereocenters. The van der Waals surface area contributed by atoms with E-state index in [0.29, 0.717) is 16.4 Å². The molecule has 0 spiro atoms. The number of hydrogen-bond acceptors (Lipinski definition) is 3. The van der Waals surface area contributed by atoms with Gasteiger partial charge in [-0.05, 0) is 45.4 Å². The van der Waals surface area contributed by atoms with Crippen molar-refractivity contribution in [3.63, 3.8) is 0 Å². The summed E-state index contributed by atoms with van der Waals surface area (Å²) >= 11 is 6.02. The largest absolute Gasteiger partial charge is 0.310 e. The van der Waals surface area contributed by atoms with Crippen LogP contribution < -0.4 is 10.9 Å². The second-order valence-electron chi connectivity index (χ2n) is 5.32. The molecule has 0 bridgehead atoms. The van der Waals surface area contributed by atoms with Gasteiger partial charge in [0.05, 0.1) is 5.56 Å². The second-order valence-corrected chi connectivity index (χ2v) is 5.75. The minimum absolute atomic E-state index is 0.0822. The van der Waals surface area contributed by atoms with Crippen LogP contribution in [0.25, 0.3) is 0 Å². The zero-order valence-corrected chi connectivity index (χ0v) is 13.5. The molecule has 0 saturated carbocycles. The van der Waals surface area contributed by atoms with Crippen LogP contribution in [-0.4, -0.2) is 9.97 Å². The number of benzene rings is 1. The Morgan fingerprint density at radius 1 is 1.24 bits per heavy atom. The summed E-state index contributed by atoms with van der Waals surface area (Å²) in [5.74, 6) is 0.635. The van der Waals surface area contributed by atoms with Crippen LogP contribution in [0.1, 0.15) is 48.6 Å². The zero-order valence-electron chi connectivity index (χ0n) is 12.7. The van der Waals surface area contributed by atoms with Crippen molar-refractivity contribution in [2.24, 2.45) is 0 Å². The van der Waals surface area contributed by atoms with Gasteiger partial charge in [0.15, 0.2) is 0 Å². The van der Waals surface area contributed by atoms with Gasteiger partial charge < -0.3 is 10.3 Å². The SMILES string of the molecule is Cc1nc(C)c(C(C)NC(C)c2cccc(Cl)c2)c(=O)[nH]1. The molecule has 2 aromatic rings. The smallest absolute Gasteiger partial charge is 0.255 e. The van der Waals surface area contributed by atoms with E-state index < -0.39 is 0 Å². The fraction of sp³-hybridized carbons (Fsp3) is 0.375. The predicted octanol–water partition coefficient (Wildman–Crippen LogP) is 3.45. The number of aromatic amines is 1. The van der Waals surface area contributed by atoms with Crippen LogP contribution in [-0.2, 0) is 0 Å². The first kappa shape index (κ1) is 15.7. The molecule has 1 aromatic heterocycles. The quantitative estimate of drug-likeness (QED) is 0.909. The minimum atomic E-state index is -0.101. The fourth-order valence-corrected chi connectivity index (χ4v) is 2.77. The van der Waals surface area contributed by atoms with Crippen LogP contribution in [0.3, 0.4) is 0 Å². The first-order chi connectivity index (χ1) is 9.88. The summed E-state index contributed by atoms with van der Waals surface area (Å²) in [5, 5.41) is 4.13. The molecule has 21 heavy (non-hydrogen) atoms. The van der Waals surface area contributed by atoms with Gasteiger partial charge in [0.2, 0.25) is 0 Å². The van der Waals surface area contributed by atoms with Gasteiger partial charge in [0.25, 0.3) is 5.56 Å². The Kier molecular flexibility index (Phi) is 4.80. The minimum Gasteiger partial charge on any atom is -0.310 e. The maximum atomic E-state index is 12.1. The molecular weight excluding hydrogens is 286 g/mol. The topological polar surface area (TPSA) is 57.8 Å². The van der Waals surface area contributed by atoms with Gasteiger partial charge >= 0.3 is 0 Å². The maximum absolute atomic E-state index is 12.1. The molecule has 5 heteroatoms. The van der Waals surface area contributed by atoms with Crippen LogP contribution in [0.5, 0.6) is 0 Å². The lowest BCUT2D eigenvalue weighted by atomic mass is 10.0. The van der Waals surface area contributed by atoms with Crippen LogP contribution in [0.15, 0.2) is 29.1 Å². The van der Waals surface area contributed by atoms with Crippen molar-refractivity contribution in [1.29, 1.82) is 0 Å². The number of hydrogen-bond donors (Lipinski definition) is 2. The molecule has 0 fully saturated rings. The highest BCUT2D eigenvalue weighted by Crippen LogP contribution is 2.21. The van der Waals surface area contributed by atoms with Gasteiger partial charge in [0.1, 0.15) is 5.82 Å². The lowest BCUT2D eigenvalue weighted by Crippen LogP contribution is -2.29. The van der Waals surface area contributed by atoms with E-state index in [2.05, 4.69) is 15.3 Å². The third kappa shape index (κ3) is 3.71. The van der Waals surface area contributed by atoms with E-state index in [0.717, 1.165) is 11.3 Å². The van der Waals surface area contributed by atoms with Crippen molar-refractivity contribution in [2.75, 3.05) is 0 Å². The molecule has 0 amide bonds. The van der Waals surface area contributed by atoms with Gasteiger partial charge in [-0.1, -0.05) is 23.7 Å². The number of nitrogens with one attached hydrogen (secondary N) is 2. The first-order valence-corrected chi connectivity index (χ1v) is 7.35. The van der Waals surface area contributed by atoms with E-state index in [-0.39, 0.29) is 17.6 Å². The normalized spacial score (nSPS) is 14.0. The molecular formula is C16H20ClN3O. The van der Waals surface area contributed by atoms with Crippen molar-refractivity contribution in [3.8, 4) is 0 Å². The van der Waals surface area contributed by atoms with Gasteiger partial charge in [0, 0.05) is 22.8 Å². The lowest BCUT2D eigenvalue weighted by Gasteiger charge is -2.21. The van der Waals surface area contributed by atoms with Crippen molar-refractivity contribution in [3.05, 3.63) is 62.3 Å². The molecule has 0 radical (unpaired) electrons. The van der Waals surface area contributed by atoms with Crippen LogP contribution in [0.4, 0.5) is 0 Å². The standard InChI is InChI=1S/C16H20ClN3O/c1-9(13-6-5-7-14(17)8-13)18-10(2)15-11(3)19-12(4)20-16(15)21/h5-10,18H,1-4H3,(H,19,20,21). The Balaban J connectivity index is 2.22. The van der Waals surface area contributed by atoms with Gasteiger partial charge in [-0.3, -0.25) is 4.79 Å². The average molecular weight is 306 g/mol. The van der Waals surface area contributed by atoms with E-state index in [9.17, 15) is 4.79 Å². The van der Waals surface area contributed by atoms with Crippen LogP contribution >= 0.6 is 11.6 Å². The number of nitrogens with zero attached hydrogens (tertiary/aromatic N) is 1. The summed E-state index contributed by atoms with van der Waals surface area (Å²) in [6, 6.07) is 7.69. The van der Waals surface area contributed by atoms with Crippen molar-refractivity contribution >= 4 is 11.6 Å². The van der Waals surface area contributed by atoms with Crippen molar-refractivity contribution < 1.29 is 0 Å². The first-order valence-electron chi connectivity index (χ1n) is 6.97. The molecule has 1 aromatic carbocycles. The lowest BCUT2D eigenvalue weighted by molar-refractivity contribution is 0.487. The van der Waals surface area contributed by atoms with Crippen molar-refractivity contribution in [2.45, 2.75) is 39.8 Å². The van der Waals surface area contributed by atoms with Crippen molar-refractivity contribution in [1.82, 2.24) is 15.3 Å². The second kappa shape index (κ2) is 6.41. The summed E-state index contributed by atoms with van der Waals surface area (Å²) in [6.07, 6.45) is 0. The van der Waals surface area contributed by atoms with E-state index >= 15 is 0 Å². The average Bonchev–Trinajstić information content (AvgIpc) is 2.37. The maximum Gasteiger partial charge on any atom is 0.255 e. The zero-order chi connectivity index (χ0) is 15.6. The molecule has 0 aliphatic heterocycles. The number of halogens is 1. The summed E-state index contributed by atoms with van der Waals surface area (Å²) in [6.45, 7) is 7.66. The molecule has 1 heterocycles. The fourth-order valence-electron chi connectivity index (χ4n) is 2.58. The molecule has 0 aliphatic carbocycles. The van der Waals surface area contributed by atoms with E-state index in [1.54, 1.807) is 6.92 Å². The molecule has 2 N–H and O–H groups in total. The highest BCUT2D eigenvalue weighted by Gasteiger charge is 2.17. The summed E-state index contributed by atoms with van der Waals surface area (Å²) in [4.78, 5) is 19.2. The molecule has 2 unspecified atom stereocenters. The summed E-state index contributed by atoms with van der Waals surface area (Å²) in [5.41, 5.74) is 2.44.